The van der Waals surface area contributed by atoms with Crippen LogP contribution in [-0.4, -0.2) is 51.9 Å². The first-order chi connectivity index (χ1) is 10.2. The molecule has 110 valence electrons. The van der Waals surface area contributed by atoms with Gasteiger partial charge >= 0.3 is 0 Å². The number of rotatable bonds is 3. The molecular formula is C14H15ClN4O2. The van der Waals surface area contributed by atoms with Crippen LogP contribution in [0.25, 0.3) is 0 Å². The van der Waals surface area contributed by atoms with Crippen molar-refractivity contribution in [3.63, 3.8) is 0 Å². The molecule has 1 amide bonds. The molecule has 1 aliphatic heterocycles. The van der Waals surface area contributed by atoms with E-state index in [2.05, 4.69) is 14.9 Å². The summed E-state index contributed by atoms with van der Waals surface area (Å²) < 4.78 is 5.34. The predicted molar refractivity (Wildman–Crippen MR) is 76.9 cm³/mol. The average Bonchev–Trinajstić information content (AvgIpc) is 3.00. The zero-order valence-corrected chi connectivity index (χ0v) is 12.2. The van der Waals surface area contributed by atoms with Crippen molar-refractivity contribution in [2.75, 3.05) is 26.2 Å². The normalized spacial score (nSPS) is 16.1. The summed E-state index contributed by atoms with van der Waals surface area (Å²) >= 11 is 5.77. The van der Waals surface area contributed by atoms with Gasteiger partial charge in [-0.15, -0.1) is 0 Å². The lowest BCUT2D eigenvalue weighted by molar-refractivity contribution is 0.0614. The van der Waals surface area contributed by atoms with E-state index in [4.69, 9.17) is 16.0 Å². The number of halogens is 1. The molecule has 0 bridgehead atoms. The monoisotopic (exact) mass is 306 g/mol. The van der Waals surface area contributed by atoms with Gasteiger partial charge in [0.25, 0.3) is 5.91 Å². The molecule has 2 aromatic rings. The standard InChI is InChI=1S/C14H15ClN4O2/c15-13-9-16-8-12(17-13)14(20)19-5-3-18(4-6-19)10-11-2-1-7-21-11/h1-2,7-9H,3-6,10H2. The molecule has 3 heterocycles. The Balaban J connectivity index is 1.57. The van der Waals surface area contributed by atoms with Crippen molar-refractivity contribution in [2.45, 2.75) is 6.54 Å². The van der Waals surface area contributed by atoms with Crippen molar-refractivity contribution in [1.29, 1.82) is 0 Å². The van der Waals surface area contributed by atoms with Crippen molar-refractivity contribution < 1.29 is 9.21 Å². The number of carbonyl (C=O) groups excluding carboxylic acids is 1. The summed E-state index contributed by atoms with van der Waals surface area (Å²) in [5, 5.41) is 0.234. The third-order valence-electron chi connectivity index (χ3n) is 3.44. The van der Waals surface area contributed by atoms with Crippen molar-refractivity contribution in [1.82, 2.24) is 19.8 Å². The quantitative estimate of drug-likeness (QED) is 0.863. The van der Waals surface area contributed by atoms with Gasteiger partial charge < -0.3 is 9.32 Å². The zero-order chi connectivity index (χ0) is 14.7. The molecular weight excluding hydrogens is 292 g/mol. The SMILES string of the molecule is O=C(c1cncc(Cl)n1)N1CCN(Cc2ccco2)CC1. The lowest BCUT2D eigenvalue weighted by atomic mass is 10.2. The lowest BCUT2D eigenvalue weighted by Gasteiger charge is -2.34. The summed E-state index contributed by atoms with van der Waals surface area (Å²) in [5.41, 5.74) is 0.294. The van der Waals surface area contributed by atoms with Crippen LogP contribution in [0.15, 0.2) is 35.2 Å². The van der Waals surface area contributed by atoms with Crippen LogP contribution in [0, 0.1) is 0 Å². The van der Waals surface area contributed by atoms with Crippen LogP contribution in [0.5, 0.6) is 0 Å². The summed E-state index contributed by atoms with van der Waals surface area (Å²) in [5.74, 6) is 0.818. The molecule has 0 spiro atoms. The van der Waals surface area contributed by atoms with Gasteiger partial charge in [0, 0.05) is 26.2 Å². The minimum atomic E-state index is -0.123. The van der Waals surface area contributed by atoms with Gasteiger partial charge in [0.15, 0.2) is 0 Å². The van der Waals surface area contributed by atoms with E-state index < -0.39 is 0 Å². The third kappa shape index (κ3) is 3.40. The van der Waals surface area contributed by atoms with E-state index in [0.29, 0.717) is 18.8 Å². The van der Waals surface area contributed by atoms with Gasteiger partial charge in [-0.1, -0.05) is 11.6 Å². The number of furan rings is 1. The summed E-state index contributed by atoms with van der Waals surface area (Å²) in [6, 6.07) is 3.84. The van der Waals surface area contributed by atoms with Crippen LogP contribution < -0.4 is 0 Å². The largest absolute Gasteiger partial charge is 0.468 e. The first-order valence-electron chi connectivity index (χ1n) is 6.74. The van der Waals surface area contributed by atoms with Crippen molar-refractivity contribution in [3.05, 3.63) is 47.4 Å². The molecule has 6 nitrogen and oxygen atoms in total. The number of nitrogens with zero attached hydrogens (tertiary/aromatic N) is 4. The van der Waals surface area contributed by atoms with Gasteiger partial charge in [0.05, 0.1) is 25.2 Å². The third-order valence-corrected chi connectivity index (χ3v) is 3.63. The van der Waals surface area contributed by atoms with Gasteiger partial charge in [-0.2, -0.15) is 0 Å². The van der Waals surface area contributed by atoms with Crippen LogP contribution in [0.1, 0.15) is 16.2 Å². The summed E-state index contributed by atoms with van der Waals surface area (Å²) in [4.78, 5) is 24.2. The van der Waals surface area contributed by atoms with E-state index in [9.17, 15) is 4.79 Å². The molecule has 1 fully saturated rings. The molecule has 0 radical (unpaired) electrons. The van der Waals surface area contributed by atoms with Gasteiger partial charge in [0.2, 0.25) is 0 Å². The van der Waals surface area contributed by atoms with E-state index in [1.807, 2.05) is 12.1 Å². The minimum absolute atomic E-state index is 0.123. The Bertz CT molecular complexity index is 609. The Morgan fingerprint density at radius 3 is 2.76 bits per heavy atom. The zero-order valence-electron chi connectivity index (χ0n) is 11.4. The van der Waals surface area contributed by atoms with Gasteiger partial charge in [-0.25, -0.2) is 4.98 Å². The predicted octanol–water partition coefficient (Wildman–Crippen LogP) is 1.68. The number of hydrogen-bond acceptors (Lipinski definition) is 5. The maximum Gasteiger partial charge on any atom is 0.274 e. The number of amides is 1. The highest BCUT2D eigenvalue weighted by atomic mass is 35.5. The smallest absolute Gasteiger partial charge is 0.274 e. The van der Waals surface area contributed by atoms with Gasteiger partial charge in [-0.3, -0.25) is 14.7 Å². The fraction of sp³-hybridized carbons (Fsp3) is 0.357. The molecule has 1 aliphatic rings. The van der Waals surface area contributed by atoms with E-state index >= 15 is 0 Å². The van der Waals surface area contributed by atoms with E-state index in [1.54, 1.807) is 11.2 Å². The highest BCUT2D eigenvalue weighted by Crippen LogP contribution is 2.11. The Morgan fingerprint density at radius 1 is 1.29 bits per heavy atom. The Morgan fingerprint density at radius 2 is 2.10 bits per heavy atom. The molecule has 0 N–H and O–H groups in total. The van der Waals surface area contributed by atoms with Crippen LogP contribution in [-0.2, 0) is 6.54 Å². The Hall–Kier alpha value is -1.92. The number of carbonyl (C=O) groups is 1. The molecule has 3 rings (SSSR count). The maximum absolute atomic E-state index is 12.3. The molecule has 0 aliphatic carbocycles. The molecule has 0 atom stereocenters. The number of piperazine rings is 1. The van der Waals surface area contributed by atoms with Crippen LogP contribution >= 0.6 is 11.6 Å². The highest BCUT2D eigenvalue weighted by Gasteiger charge is 2.23. The number of aromatic nitrogens is 2. The van der Waals surface area contributed by atoms with E-state index in [1.165, 1.54) is 12.4 Å². The maximum atomic E-state index is 12.3. The first-order valence-corrected chi connectivity index (χ1v) is 7.12. The van der Waals surface area contributed by atoms with Gasteiger partial charge in [-0.05, 0) is 12.1 Å². The Labute approximate surface area is 127 Å². The number of hydrogen-bond donors (Lipinski definition) is 0. The molecule has 1 saturated heterocycles. The molecule has 21 heavy (non-hydrogen) atoms. The molecule has 0 unspecified atom stereocenters. The minimum Gasteiger partial charge on any atom is -0.468 e. The molecule has 2 aromatic heterocycles. The second-order valence-corrected chi connectivity index (χ2v) is 5.26. The molecule has 7 heteroatoms. The van der Waals surface area contributed by atoms with Crippen molar-refractivity contribution >= 4 is 17.5 Å². The van der Waals surface area contributed by atoms with E-state index in [0.717, 1.165) is 25.4 Å². The summed E-state index contributed by atoms with van der Waals surface area (Å²) in [6.45, 7) is 3.70. The van der Waals surface area contributed by atoms with Crippen LogP contribution in [0.2, 0.25) is 5.15 Å². The Kier molecular flexibility index (Phi) is 4.17. The molecule has 0 aromatic carbocycles. The second kappa shape index (κ2) is 6.24. The van der Waals surface area contributed by atoms with Crippen LogP contribution in [0.3, 0.4) is 0 Å². The lowest BCUT2D eigenvalue weighted by Crippen LogP contribution is -2.48. The second-order valence-electron chi connectivity index (χ2n) is 4.87. The summed E-state index contributed by atoms with van der Waals surface area (Å²) in [6.07, 6.45) is 4.54. The summed E-state index contributed by atoms with van der Waals surface area (Å²) in [7, 11) is 0. The fourth-order valence-corrected chi connectivity index (χ4v) is 2.49. The first kappa shape index (κ1) is 14.0. The van der Waals surface area contributed by atoms with Gasteiger partial charge in [0.1, 0.15) is 16.6 Å². The average molecular weight is 307 g/mol. The topological polar surface area (TPSA) is 62.5 Å². The van der Waals surface area contributed by atoms with Crippen molar-refractivity contribution in [3.8, 4) is 0 Å². The highest BCUT2D eigenvalue weighted by molar-refractivity contribution is 6.29. The fourth-order valence-electron chi connectivity index (χ4n) is 2.34. The molecule has 0 saturated carbocycles. The van der Waals surface area contributed by atoms with E-state index in [-0.39, 0.29) is 11.1 Å². The van der Waals surface area contributed by atoms with Crippen molar-refractivity contribution in [2.24, 2.45) is 0 Å². The van der Waals surface area contributed by atoms with Crippen LogP contribution in [0.4, 0.5) is 0 Å².